The molecule has 3 atom stereocenters. The van der Waals surface area contributed by atoms with E-state index in [1.807, 2.05) is 17.0 Å². The summed E-state index contributed by atoms with van der Waals surface area (Å²) in [5.74, 6) is 2.40. The molecule has 5 nitrogen and oxygen atoms in total. The lowest BCUT2D eigenvalue weighted by Gasteiger charge is -2.26. The Morgan fingerprint density at radius 2 is 1.86 bits per heavy atom. The fourth-order valence-electron chi connectivity index (χ4n) is 6.01. The lowest BCUT2D eigenvalue weighted by Crippen LogP contribution is -2.35. The number of benzene rings is 1. The monoisotopic (exact) mass is 402 g/mol. The van der Waals surface area contributed by atoms with Gasteiger partial charge >= 0.3 is 0 Å². The Morgan fingerprint density at radius 3 is 2.57 bits per heavy atom. The number of amides is 1. The third-order valence-electron chi connectivity index (χ3n) is 7.52. The number of fused-ring (bicyclic) bond motifs is 3. The minimum atomic E-state index is -3.42. The molecule has 2 heterocycles. The van der Waals surface area contributed by atoms with E-state index in [0.717, 1.165) is 48.8 Å². The fourth-order valence-corrected chi connectivity index (χ4v) is 7.58. The summed E-state index contributed by atoms with van der Waals surface area (Å²) in [6.45, 7) is 1.92. The van der Waals surface area contributed by atoms with Crippen molar-refractivity contribution in [1.82, 2.24) is 4.31 Å². The quantitative estimate of drug-likeness (QED) is 0.773. The third kappa shape index (κ3) is 3.18. The third-order valence-corrected chi connectivity index (χ3v) is 9.42. The zero-order valence-corrected chi connectivity index (χ0v) is 17.3. The van der Waals surface area contributed by atoms with Crippen molar-refractivity contribution in [3.63, 3.8) is 0 Å². The highest BCUT2D eigenvalue weighted by Crippen LogP contribution is 2.50. The molecule has 0 radical (unpaired) electrons. The molecule has 2 aliphatic heterocycles. The van der Waals surface area contributed by atoms with E-state index in [0.29, 0.717) is 36.9 Å². The van der Waals surface area contributed by atoms with Gasteiger partial charge < -0.3 is 4.90 Å². The summed E-state index contributed by atoms with van der Waals surface area (Å²) in [5.41, 5.74) is 1.92. The highest BCUT2D eigenvalue weighted by Gasteiger charge is 2.41. The number of nitrogens with zero attached hydrogens (tertiary/aromatic N) is 2. The molecule has 1 aromatic carbocycles. The van der Waals surface area contributed by atoms with E-state index in [1.54, 1.807) is 10.4 Å². The first-order valence-corrected chi connectivity index (χ1v) is 12.4. The summed E-state index contributed by atoms with van der Waals surface area (Å²) in [6, 6.07) is 5.37. The normalized spacial score (nSPS) is 30.0. The van der Waals surface area contributed by atoms with Crippen LogP contribution in [0.2, 0.25) is 0 Å². The first-order chi connectivity index (χ1) is 13.5. The Kier molecular flexibility index (Phi) is 4.74. The number of rotatable bonds is 4. The number of hydrogen-bond acceptors (Lipinski definition) is 3. The van der Waals surface area contributed by atoms with Crippen LogP contribution in [-0.2, 0) is 21.2 Å². The molecule has 2 aliphatic carbocycles. The van der Waals surface area contributed by atoms with Gasteiger partial charge in [0.05, 0.1) is 4.90 Å². The van der Waals surface area contributed by atoms with E-state index in [2.05, 4.69) is 0 Å². The molecule has 0 N–H and O–H groups in total. The molecule has 1 amide bonds. The van der Waals surface area contributed by atoms with Crippen LogP contribution in [0.4, 0.5) is 5.69 Å². The van der Waals surface area contributed by atoms with E-state index in [1.165, 1.54) is 25.7 Å². The Balaban J connectivity index is 1.31. The second-order valence-electron chi connectivity index (χ2n) is 9.19. The van der Waals surface area contributed by atoms with Crippen molar-refractivity contribution in [3.05, 3.63) is 23.8 Å². The Morgan fingerprint density at radius 1 is 1.04 bits per heavy atom. The van der Waals surface area contributed by atoms with Gasteiger partial charge in [0.2, 0.25) is 15.9 Å². The molecular formula is C22H30N2O3S. The van der Waals surface area contributed by atoms with Crippen molar-refractivity contribution in [2.24, 2.45) is 17.8 Å². The van der Waals surface area contributed by atoms with Gasteiger partial charge in [-0.15, -0.1) is 0 Å². The average molecular weight is 403 g/mol. The first kappa shape index (κ1) is 18.6. The maximum atomic E-state index is 13.0. The molecule has 5 rings (SSSR count). The second-order valence-corrected chi connectivity index (χ2v) is 11.1. The van der Waals surface area contributed by atoms with Crippen LogP contribution in [0, 0.1) is 17.8 Å². The zero-order valence-electron chi connectivity index (χ0n) is 16.5. The molecule has 1 aromatic rings. The minimum absolute atomic E-state index is 0.225. The van der Waals surface area contributed by atoms with Crippen LogP contribution in [0.1, 0.15) is 56.9 Å². The molecule has 1 saturated heterocycles. The van der Waals surface area contributed by atoms with Gasteiger partial charge in [-0.2, -0.15) is 4.31 Å². The fraction of sp³-hybridized carbons (Fsp3) is 0.682. The summed E-state index contributed by atoms with van der Waals surface area (Å²) < 4.78 is 27.5. The molecule has 0 spiro atoms. The van der Waals surface area contributed by atoms with Crippen molar-refractivity contribution >= 4 is 21.6 Å². The van der Waals surface area contributed by atoms with Crippen molar-refractivity contribution in [1.29, 1.82) is 0 Å². The Bertz CT molecular complexity index is 876. The minimum Gasteiger partial charge on any atom is -0.312 e. The summed E-state index contributed by atoms with van der Waals surface area (Å²) in [6.07, 6.45) is 9.61. The van der Waals surface area contributed by atoms with E-state index in [4.69, 9.17) is 0 Å². The number of sulfonamides is 1. The molecule has 2 saturated carbocycles. The van der Waals surface area contributed by atoms with Gasteiger partial charge in [0, 0.05) is 31.7 Å². The topological polar surface area (TPSA) is 57.7 Å². The van der Waals surface area contributed by atoms with Gasteiger partial charge in [-0.1, -0.05) is 12.8 Å². The summed E-state index contributed by atoms with van der Waals surface area (Å²) in [7, 11) is -3.42. The van der Waals surface area contributed by atoms with Crippen molar-refractivity contribution in [2.45, 2.75) is 62.7 Å². The predicted octanol–water partition coefficient (Wildman–Crippen LogP) is 3.58. The molecule has 152 valence electrons. The van der Waals surface area contributed by atoms with E-state index >= 15 is 0 Å². The maximum Gasteiger partial charge on any atom is 0.243 e. The molecule has 0 aromatic heterocycles. The van der Waals surface area contributed by atoms with Crippen molar-refractivity contribution in [3.8, 4) is 0 Å². The van der Waals surface area contributed by atoms with Crippen LogP contribution in [0.25, 0.3) is 0 Å². The molecule has 2 bridgehead atoms. The Labute approximate surface area is 168 Å². The van der Waals surface area contributed by atoms with Gasteiger partial charge in [0.1, 0.15) is 0 Å². The number of carbonyl (C=O) groups is 1. The van der Waals surface area contributed by atoms with Crippen LogP contribution >= 0.6 is 0 Å². The number of carbonyl (C=O) groups excluding carboxylic acids is 1. The van der Waals surface area contributed by atoms with Crippen molar-refractivity contribution in [2.75, 3.05) is 24.5 Å². The number of hydrogen-bond donors (Lipinski definition) is 0. The highest BCUT2D eigenvalue weighted by molar-refractivity contribution is 7.89. The van der Waals surface area contributed by atoms with Gasteiger partial charge in [0.15, 0.2) is 0 Å². The zero-order chi connectivity index (χ0) is 19.3. The summed E-state index contributed by atoms with van der Waals surface area (Å²) in [5, 5.41) is 0. The standard InChI is InChI=1S/C22H30N2O3S/c25-22(15-19-13-16-4-5-17(19)12-16)24-11-8-18-14-20(6-7-21(18)24)28(26,27)23-9-2-1-3-10-23/h6-7,14,16-17,19H,1-5,8-13,15H2. The maximum absolute atomic E-state index is 13.0. The Hall–Kier alpha value is -1.40. The van der Waals surface area contributed by atoms with E-state index in [-0.39, 0.29) is 5.91 Å². The van der Waals surface area contributed by atoms with Gasteiger partial charge in [-0.3, -0.25) is 4.79 Å². The van der Waals surface area contributed by atoms with Crippen LogP contribution in [0.15, 0.2) is 23.1 Å². The molecule has 6 heteroatoms. The molecule has 3 fully saturated rings. The predicted molar refractivity (Wildman–Crippen MR) is 109 cm³/mol. The van der Waals surface area contributed by atoms with Crippen LogP contribution in [0.5, 0.6) is 0 Å². The van der Waals surface area contributed by atoms with Crippen molar-refractivity contribution < 1.29 is 13.2 Å². The SMILES string of the molecule is O=C(CC1CC2CCC1C2)N1CCc2cc(S(=O)(=O)N3CCCCC3)ccc21. The van der Waals surface area contributed by atoms with Gasteiger partial charge in [-0.05, 0) is 80.0 Å². The molecular weight excluding hydrogens is 372 g/mol. The lowest BCUT2D eigenvalue weighted by atomic mass is 9.86. The summed E-state index contributed by atoms with van der Waals surface area (Å²) >= 11 is 0. The second kappa shape index (κ2) is 7.13. The van der Waals surface area contributed by atoms with Gasteiger partial charge in [-0.25, -0.2) is 8.42 Å². The number of piperidine rings is 1. The average Bonchev–Trinajstić information content (AvgIpc) is 3.43. The lowest BCUT2D eigenvalue weighted by molar-refractivity contribution is -0.119. The summed E-state index contributed by atoms with van der Waals surface area (Å²) in [4.78, 5) is 15.3. The smallest absolute Gasteiger partial charge is 0.243 e. The van der Waals surface area contributed by atoms with Crippen LogP contribution < -0.4 is 4.90 Å². The highest BCUT2D eigenvalue weighted by atomic mass is 32.2. The van der Waals surface area contributed by atoms with E-state index < -0.39 is 10.0 Å². The van der Waals surface area contributed by atoms with Gasteiger partial charge in [0.25, 0.3) is 0 Å². The molecule has 28 heavy (non-hydrogen) atoms. The van der Waals surface area contributed by atoms with Crippen LogP contribution in [-0.4, -0.2) is 38.3 Å². The largest absolute Gasteiger partial charge is 0.312 e. The number of anilines is 1. The molecule has 3 unspecified atom stereocenters. The van der Waals surface area contributed by atoms with E-state index in [9.17, 15) is 13.2 Å². The molecule has 4 aliphatic rings. The first-order valence-electron chi connectivity index (χ1n) is 11.0. The van der Waals surface area contributed by atoms with Crippen LogP contribution in [0.3, 0.4) is 0 Å².